The summed E-state index contributed by atoms with van der Waals surface area (Å²) < 4.78 is 29.4. The predicted octanol–water partition coefficient (Wildman–Crippen LogP) is 6.28. The molecule has 0 spiro atoms. The Kier molecular flexibility index (Phi) is 8.30. The Morgan fingerprint density at radius 2 is 1.82 bits per heavy atom. The Labute approximate surface area is 258 Å². The number of amides is 1. The Balaban J connectivity index is 1.51. The molecule has 0 aliphatic carbocycles. The van der Waals surface area contributed by atoms with Crippen LogP contribution in [0.2, 0.25) is 0 Å². The van der Waals surface area contributed by atoms with Crippen molar-refractivity contribution in [2.24, 2.45) is 0 Å². The number of fused-ring (bicyclic) bond motifs is 2. The van der Waals surface area contributed by atoms with Crippen molar-refractivity contribution in [3.63, 3.8) is 0 Å². The predicted molar refractivity (Wildman–Crippen MR) is 166 cm³/mol. The van der Waals surface area contributed by atoms with Crippen molar-refractivity contribution in [3.05, 3.63) is 71.3 Å². The molecule has 3 heterocycles. The maximum absolute atomic E-state index is 13.8. The Morgan fingerprint density at radius 1 is 1.00 bits per heavy atom. The molecular formula is C33H32N2O8S. The minimum absolute atomic E-state index is 0.0781. The lowest BCUT2D eigenvalue weighted by Gasteiger charge is -2.24. The number of rotatable bonds is 10. The summed E-state index contributed by atoms with van der Waals surface area (Å²) in [6.07, 6.45) is 1.86. The lowest BCUT2D eigenvalue weighted by Crippen LogP contribution is -2.29. The molecule has 1 atom stereocenters. The summed E-state index contributed by atoms with van der Waals surface area (Å²) in [7, 11) is 1.57. The summed E-state index contributed by atoms with van der Waals surface area (Å²) in [5, 5.41) is 12.0. The molecule has 1 N–H and O–H groups in total. The van der Waals surface area contributed by atoms with E-state index in [-0.39, 0.29) is 11.3 Å². The average molecular weight is 617 g/mol. The van der Waals surface area contributed by atoms with Gasteiger partial charge in [0.05, 0.1) is 42.2 Å². The molecule has 0 bridgehead atoms. The molecule has 1 aromatic heterocycles. The first-order valence-corrected chi connectivity index (χ1v) is 15.3. The highest BCUT2D eigenvalue weighted by atomic mass is 32.1. The highest BCUT2D eigenvalue weighted by molar-refractivity contribution is 7.22. The fraction of sp³-hybridized carbons (Fsp3) is 0.303. The zero-order valence-electron chi connectivity index (χ0n) is 24.6. The number of unbranched alkanes of at least 4 members (excludes halogenated alkanes) is 1. The van der Waals surface area contributed by atoms with E-state index in [1.807, 2.05) is 13.0 Å². The summed E-state index contributed by atoms with van der Waals surface area (Å²) in [5.74, 6) is 0.677. The van der Waals surface area contributed by atoms with E-state index in [2.05, 4.69) is 6.92 Å². The zero-order chi connectivity index (χ0) is 30.8. The highest BCUT2D eigenvalue weighted by Gasteiger charge is 2.48. The lowest BCUT2D eigenvalue weighted by molar-refractivity contribution is -0.132. The van der Waals surface area contributed by atoms with Crippen LogP contribution in [0.3, 0.4) is 0 Å². The minimum Gasteiger partial charge on any atom is -0.507 e. The first kappa shape index (κ1) is 29.3. The second-order valence-corrected chi connectivity index (χ2v) is 11.2. The summed E-state index contributed by atoms with van der Waals surface area (Å²) in [6, 6.07) is 14.6. The van der Waals surface area contributed by atoms with E-state index in [1.165, 1.54) is 16.2 Å². The van der Waals surface area contributed by atoms with Gasteiger partial charge in [0, 0.05) is 5.56 Å². The Morgan fingerprint density at radius 3 is 2.59 bits per heavy atom. The molecule has 4 aromatic rings. The van der Waals surface area contributed by atoms with Crippen molar-refractivity contribution >= 4 is 44.1 Å². The van der Waals surface area contributed by atoms with Gasteiger partial charge in [-0.3, -0.25) is 14.5 Å². The first-order chi connectivity index (χ1) is 21.4. The Bertz CT molecular complexity index is 1760. The quantitative estimate of drug-likeness (QED) is 0.0951. The van der Waals surface area contributed by atoms with Gasteiger partial charge in [-0.05, 0) is 67.4 Å². The van der Waals surface area contributed by atoms with Crippen LogP contribution in [-0.2, 0) is 9.59 Å². The molecule has 10 nitrogen and oxygen atoms in total. The van der Waals surface area contributed by atoms with E-state index in [1.54, 1.807) is 55.6 Å². The number of hydrogen-bond donors (Lipinski definition) is 1. The molecular weight excluding hydrogens is 584 g/mol. The van der Waals surface area contributed by atoms with Crippen LogP contribution in [0.25, 0.3) is 16.0 Å². The highest BCUT2D eigenvalue weighted by Crippen LogP contribution is 2.46. The third-order valence-electron chi connectivity index (χ3n) is 7.39. The van der Waals surface area contributed by atoms with Gasteiger partial charge in [-0.15, -0.1) is 0 Å². The van der Waals surface area contributed by atoms with E-state index >= 15 is 0 Å². The molecule has 228 valence electrons. The number of nitrogens with zero attached hydrogens (tertiary/aromatic N) is 2. The van der Waals surface area contributed by atoms with Crippen LogP contribution in [0.5, 0.6) is 28.7 Å². The van der Waals surface area contributed by atoms with Crippen LogP contribution in [-0.4, -0.2) is 55.3 Å². The van der Waals surface area contributed by atoms with E-state index in [0.29, 0.717) is 77.0 Å². The second-order valence-electron chi connectivity index (χ2n) is 10.2. The van der Waals surface area contributed by atoms with Gasteiger partial charge in [0.2, 0.25) is 0 Å². The Hall–Kier alpha value is -4.77. The lowest BCUT2D eigenvalue weighted by atomic mass is 9.95. The summed E-state index contributed by atoms with van der Waals surface area (Å²) in [5.41, 5.74) is 1.43. The number of carbonyl (C=O) groups excluding carboxylic acids is 2. The zero-order valence-corrected chi connectivity index (χ0v) is 25.4. The van der Waals surface area contributed by atoms with Gasteiger partial charge in [-0.2, -0.15) is 0 Å². The molecule has 2 aliphatic heterocycles. The van der Waals surface area contributed by atoms with Crippen molar-refractivity contribution in [1.82, 2.24) is 4.98 Å². The summed E-state index contributed by atoms with van der Waals surface area (Å²) >= 11 is 1.25. The fourth-order valence-electron chi connectivity index (χ4n) is 5.22. The van der Waals surface area contributed by atoms with Crippen LogP contribution >= 0.6 is 11.3 Å². The number of thiazole rings is 1. The molecule has 2 aliphatic rings. The third-order valence-corrected chi connectivity index (χ3v) is 8.41. The number of anilines is 1. The van der Waals surface area contributed by atoms with Gasteiger partial charge in [-0.1, -0.05) is 30.7 Å². The van der Waals surface area contributed by atoms with Crippen LogP contribution < -0.4 is 28.6 Å². The van der Waals surface area contributed by atoms with Crippen LogP contribution in [0.1, 0.15) is 43.9 Å². The molecule has 0 saturated carbocycles. The largest absolute Gasteiger partial charge is 0.507 e. The summed E-state index contributed by atoms with van der Waals surface area (Å²) in [4.78, 5) is 33.6. The van der Waals surface area contributed by atoms with Gasteiger partial charge >= 0.3 is 5.91 Å². The number of hydrogen-bond acceptors (Lipinski definition) is 10. The van der Waals surface area contributed by atoms with Crippen LogP contribution in [0, 0.1) is 0 Å². The van der Waals surface area contributed by atoms with Gasteiger partial charge < -0.3 is 28.8 Å². The molecule has 11 heteroatoms. The van der Waals surface area contributed by atoms with E-state index in [0.717, 1.165) is 17.5 Å². The number of Topliss-reactive ketones (excluding diaryl/α,β-unsaturated/α-hetero) is 1. The molecule has 1 saturated heterocycles. The van der Waals surface area contributed by atoms with Crippen molar-refractivity contribution in [3.8, 4) is 28.7 Å². The number of methoxy groups -OCH3 is 1. The number of ether oxygens (including phenoxy) is 5. The smallest absolute Gasteiger partial charge is 0.301 e. The van der Waals surface area contributed by atoms with E-state index in [4.69, 9.17) is 28.7 Å². The number of carbonyl (C=O) groups is 2. The molecule has 44 heavy (non-hydrogen) atoms. The fourth-order valence-corrected chi connectivity index (χ4v) is 6.24. The maximum atomic E-state index is 13.8. The van der Waals surface area contributed by atoms with Crippen molar-refractivity contribution in [2.45, 2.75) is 32.7 Å². The van der Waals surface area contributed by atoms with Crippen molar-refractivity contribution < 1.29 is 38.4 Å². The number of aliphatic hydroxyl groups is 1. The number of benzene rings is 3. The van der Waals surface area contributed by atoms with Crippen molar-refractivity contribution in [1.29, 1.82) is 0 Å². The first-order valence-electron chi connectivity index (χ1n) is 14.5. The van der Waals surface area contributed by atoms with Gasteiger partial charge in [0.25, 0.3) is 5.78 Å². The maximum Gasteiger partial charge on any atom is 0.301 e. The number of aliphatic hydroxyl groups excluding tert-OH is 1. The monoisotopic (exact) mass is 616 g/mol. The number of aromatic nitrogens is 1. The average Bonchev–Trinajstić information content (AvgIpc) is 3.58. The van der Waals surface area contributed by atoms with Crippen LogP contribution in [0.4, 0.5) is 5.13 Å². The minimum atomic E-state index is -1.01. The molecule has 3 aromatic carbocycles. The number of ketones is 1. The second kappa shape index (κ2) is 12.5. The molecule has 1 amide bonds. The van der Waals surface area contributed by atoms with Crippen molar-refractivity contribution in [2.75, 3.05) is 38.4 Å². The molecule has 1 fully saturated rings. The van der Waals surface area contributed by atoms with E-state index < -0.39 is 17.7 Å². The summed E-state index contributed by atoms with van der Waals surface area (Å²) in [6.45, 7) is 5.62. The SMILES string of the molecule is CCCCOc1ccc(C2/C(=C(\O)c3ccc4c(c3)OCCO4)C(=O)C(=O)N2c2nc3ccc(OC)cc3s2)cc1OCC. The topological polar surface area (TPSA) is 117 Å². The normalized spacial score (nSPS) is 17.2. The standard InChI is InChI=1S/C33H32N2O8S/c1-4-6-13-41-23-11-7-19(16-25(23)40-5-2)29-28(30(36)20-8-12-24-26(17-20)43-15-14-42-24)31(37)32(38)35(29)33-34-22-10-9-21(39-3)18-27(22)44-33/h7-12,16-18,29,36H,4-6,13-15H2,1-3H3/b30-28+. The molecule has 0 radical (unpaired) electrons. The third kappa shape index (κ3) is 5.39. The van der Waals surface area contributed by atoms with Gasteiger partial charge in [0.1, 0.15) is 24.7 Å². The van der Waals surface area contributed by atoms with E-state index in [9.17, 15) is 14.7 Å². The molecule has 6 rings (SSSR count). The molecule has 1 unspecified atom stereocenters. The van der Waals surface area contributed by atoms with Crippen LogP contribution in [0.15, 0.2) is 60.2 Å². The van der Waals surface area contributed by atoms with Gasteiger partial charge in [-0.25, -0.2) is 4.98 Å². The van der Waals surface area contributed by atoms with Gasteiger partial charge in [0.15, 0.2) is 28.1 Å².